The molecule has 2 aromatic rings. The SMILES string of the molecule is CNc1cnc(N2CCOCC2)c2c(F)cc(F)cc12. The van der Waals surface area contributed by atoms with Crippen LogP contribution in [-0.2, 0) is 4.74 Å². The van der Waals surface area contributed by atoms with Gasteiger partial charge in [-0.3, -0.25) is 0 Å². The number of ether oxygens (including phenoxy) is 1. The van der Waals surface area contributed by atoms with E-state index in [1.165, 1.54) is 6.07 Å². The van der Waals surface area contributed by atoms with Crippen LogP contribution in [-0.4, -0.2) is 38.3 Å². The molecule has 0 bridgehead atoms. The van der Waals surface area contributed by atoms with Gasteiger partial charge in [0.15, 0.2) is 0 Å². The number of anilines is 2. The van der Waals surface area contributed by atoms with Gasteiger partial charge in [0.1, 0.15) is 17.5 Å². The van der Waals surface area contributed by atoms with Gasteiger partial charge in [-0.05, 0) is 6.07 Å². The van der Waals surface area contributed by atoms with Gasteiger partial charge in [0.2, 0.25) is 0 Å². The van der Waals surface area contributed by atoms with E-state index in [1.54, 1.807) is 13.2 Å². The molecular weight excluding hydrogens is 264 g/mol. The number of rotatable bonds is 2. The van der Waals surface area contributed by atoms with Crippen LogP contribution in [0.5, 0.6) is 0 Å². The van der Waals surface area contributed by atoms with Gasteiger partial charge in [-0.25, -0.2) is 13.8 Å². The van der Waals surface area contributed by atoms with Crippen LogP contribution in [0.25, 0.3) is 10.8 Å². The predicted octanol–water partition coefficient (Wildman–Crippen LogP) is 2.39. The summed E-state index contributed by atoms with van der Waals surface area (Å²) >= 11 is 0. The van der Waals surface area contributed by atoms with Crippen molar-refractivity contribution < 1.29 is 13.5 Å². The number of benzene rings is 1. The Morgan fingerprint density at radius 3 is 2.70 bits per heavy atom. The van der Waals surface area contributed by atoms with E-state index in [0.717, 1.165) is 6.07 Å². The fraction of sp³-hybridized carbons (Fsp3) is 0.357. The molecule has 0 saturated carbocycles. The third kappa shape index (κ3) is 2.16. The molecule has 0 unspecified atom stereocenters. The lowest BCUT2D eigenvalue weighted by Crippen LogP contribution is -2.37. The zero-order valence-electron chi connectivity index (χ0n) is 11.1. The first kappa shape index (κ1) is 13.1. The second kappa shape index (κ2) is 5.20. The molecular formula is C14H15F2N3O. The van der Waals surface area contributed by atoms with Gasteiger partial charge in [0.25, 0.3) is 0 Å². The van der Waals surface area contributed by atoms with Crippen molar-refractivity contribution in [1.29, 1.82) is 0 Å². The molecule has 0 atom stereocenters. The highest BCUT2D eigenvalue weighted by molar-refractivity contribution is 6.00. The van der Waals surface area contributed by atoms with Crippen molar-refractivity contribution in [2.45, 2.75) is 0 Å². The Hall–Kier alpha value is -1.95. The Morgan fingerprint density at radius 1 is 1.25 bits per heavy atom. The van der Waals surface area contributed by atoms with Crippen molar-refractivity contribution in [1.82, 2.24) is 4.98 Å². The molecule has 0 amide bonds. The number of hydrogen-bond acceptors (Lipinski definition) is 4. The number of aromatic nitrogens is 1. The summed E-state index contributed by atoms with van der Waals surface area (Å²) in [5.74, 6) is -0.642. The summed E-state index contributed by atoms with van der Waals surface area (Å²) in [6, 6.07) is 2.23. The minimum absolute atomic E-state index is 0.347. The minimum atomic E-state index is -0.592. The van der Waals surface area contributed by atoms with Crippen LogP contribution in [0, 0.1) is 11.6 Å². The summed E-state index contributed by atoms with van der Waals surface area (Å²) in [6.07, 6.45) is 1.60. The van der Waals surface area contributed by atoms with Crippen LogP contribution < -0.4 is 10.2 Å². The number of fused-ring (bicyclic) bond motifs is 1. The van der Waals surface area contributed by atoms with Crippen molar-refractivity contribution in [2.24, 2.45) is 0 Å². The molecule has 4 nitrogen and oxygen atoms in total. The van der Waals surface area contributed by atoms with Crippen LogP contribution in [0.15, 0.2) is 18.3 Å². The maximum atomic E-state index is 14.2. The highest BCUT2D eigenvalue weighted by atomic mass is 19.1. The van der Waals surface area contributed by atoms with E-state index in [4.69, 9.17) is 4.74 Å². The van der Waals surface area contributed by atoms with E-state index < -0.39 is 11.6 Å². The van der Waals surface area contributed by atoms with E-state index in [1.807, 2.05) is 4.90 Å². The van der Waals surface area contributed by atoms with E-state index in [9.17, 15) is 8.78 Å². The number of pyridine rings is 1. The van der Waals surface area contributed by atoms with E-state index in [2.05, 4.69) is 10.3 Å². The first-order chi connectivity index (χ1) is 9.70. The van der Waals surface area contributed by atoms with Gasteiger partial charge in [-0.1, -0.05) is 0 Å². The van der Waals surface area contributed by atoms with Crippen molar-refractivity contribution in [2.75, 3.05) is 43.6 Å². The monoisotopic (exact) mass is 279 g/mol. The van der Waals surface area contributed by atoms with Crippen molar-refractivity contribution in [3.8, 4) is 0 Å². The summed E-state index contributed by atoms with van der Waals surface area (Å²) in [6.45, 7) is 2.47. The second-order valence-corrected chi connectivity index (χ2v) is 4.66. The van der Waals surface area contributed by atoms with Gasteiger partial charge < -0.3 is 15.0 Å². The Labute approximate surface area is 115 Å². The van der Waals surface area contributed by atoms with Gasteiger partial charge >= 0.3 is 0 Å². The highest BCUT2D eigenvalue weighted by Gasteiger charge is 2.19. The van der Waals surface area contributed by atoms with Crippen LogP contribution in [0.4, 0.5) is 20.3 Å². The lowest BCUT2D eigenvalue weighted by Gasteiger charge is -2.29. The Kier molecular flexibility index (Phi) is 3.40. The first-order valence-corrected chi connectivity index (χ1v) is 6.49. The van der Waals surface area contributed by atoms with Crippen LogP contribution in [0.1, 0.15) is 0 Å². The van der Waals surface area contributed by atoms with Crippen LogP contribution >= 0.6 is 0 Å². The van der Waals surface area contributed by atoms with Gasteiger partial charge in [0, 0.05) is 31.6 Å². The van der Waals surface area contributed by atoms with E-state index in [-0.39, 0.29) is 0 Å². The molecule has 0 spiro atoms. The zero-order chi connectivity index (χ0) is 14.1. The fourth-order valence-electron chi connectivity index (χ4n) is 2.49. The number of nitrogens with zero attached hydrogens (tertiary/aromatic N) is 2. The molecule has 1 aromatic carbocycles. The Morgan fingerprint density at radius 2 is 2.00 bits per heavy atom. The molecule has 1 aliphatic heterocycles. The summed E-state index contributed by atoms with van der Waals surface area (Å²) < 4.78 is 33.0. The van der Waals surface area contributed by atoms with Crippen LogP contribution in [0.3, 0.4) is 0 Å². The molecule has 0 aliphatic carbocycles. The molecule has 2 heterocycles. The summed E-state index contributed by atoms with van der Waals surface area (Å²) in [5.41, 5.74) is 0.607. The van der Waals surface area contributed by atoms with Crippen molar-refractivity contribution in [3.05, 3.63) is 30.0 Å². The van der Waals surface area contributed by atoms with E-state index in [0.29, 0.717) is 48.6 Å². The maximum Gasteiger partial charge on any atom is 0.139 e. The summed E-state index contributed by atoms with van der Waals surface area (Å²) in [7, 11) is 1.70. The van der Waals surface area contributed by atoms with Gasteiger partial charge in [-0.15, -0.1) is 0 Å². The molecule has 1 N–H and O–H groups in total. The average Bonchev–Trinajstić information content (AvgIpc) is 2.47. The molecule has 0 radical (unpaired) electrons. The fourth-order valence-corrected chi connectivity index (χ4v) is 2.49. The van der Waals surface area contributed by atoms with Gasteiger partial charge in [-0.2, -0.15) is 0 Å². The smallest absolute Gasteiger partial charge is 0.139 e. The lowest BCUT2D eigenvalue weighted by atomic mass is 10.1. The predicted molar refractivity (Wildman–Crippen MR) is 74.2 cm³/mol. The molecule has 1 fully saturated rings. The molecule has 20 heavy (non-hydrogen) atoms. The topological polar surface area (TPSA) is 37.4 Å². The number of morpholine rings is 1. The second-order valence-electron chi connectivity index (χ2n) is 4.66. The Balaban J connectivity index is 2.22. The summed E-state index contributed by atoms with van der Waals surface area (Å²) in [4.78, 5) is 6.30. The largest absolute Gasteiger partial charge is 0.386 e. The molecule has 106 valence electrons. The molecule has 6 heteroatoms. The average molecular weight is 279 g/mol. The number of halogens is 2. The standard InChI is InChI=1S/C14H15F2N3O/c1-17-12-8-18-14(19-2-4-20-5-3-19)13-10(12)6-9(15)7-11(13)16/h6-8,17H,2-5H2,1H3. The minimum Gasteiger partial charge on any atom is -0.386 e. The molecule has 1 aliphatic rings. The number of hydrogen-bond donors (Lipinski definition) is 1. The van der Waals surface area contributed by atoms with Crippen LogP contribution in [0.2, 0.25) is 0 Å². The lowest BCUT2D eigenvalue weighted by molar-refractivity contribution is 0.122. The summed E-state index contributed by atoms with van der Waals surface area (Å²) in [5, 5.41) is 3.76. The van der Waals surface area contributed by atoms with Crippen molar-refractivity contribution >= 4 is 22.3 Å². The zero-order valence-corrected chi connectivity index (χ0v) is 11.1. The molecule has 3 rings (SSSR count). The van der Waals surface area contributed by atoms with E-state index >= 15 is 0 Å². The quantitative estimate of drug-likeness (QED) is 0.916. The third-order valence-corrected chi connectivity index (χ3v) is 3.46. The normalized spacial score (nSPS) is 15.7. The maximum absolute atomic E-state index is 14.2. The third-order valence-electron chi connectivity index (χ3n) is 3.46. The first-order valence-electron chi connectivity index (χ1n) is 6.49. The Bertz CT molecular complexity index is 642. The highest BCUT2D eigenvalue weighted by Crippen LogP contribution is 2.33. The van der Waals surface area contributed by atoms with Gasteiger partial charge in [0.05, 0.1) is 30.5 Å². The van der Waals surface area contributed by atoms with Crippen molar-refractivity contribution in [3.63, 3.8) is 0 Å². The molecule has 1 aromatic heterocycles. The molecule has 1 saturated heterocycles. The number of nitrogens with one attached hydrogen (secondary N) is 1.